The van der Waals surface area contributed by atoms with E-state index in [9.17, 15) is 0 Å². The topological polar surface area (TPSA) is 64.9 Å². The fourth-order valence-corrected chi connectivity index (χ4v) is 2.25. The molecular weight excluding hydrogens is 309 g/mol. The molecule has 3 aromatic rings. The minimum atomic E-state index is 0.358. The lowest BCUT2D eigenvalue weighted by atomic mass is 10.1. The van der Waals surface area contributed by atoms with E-state index in [1.54, 1.807) is 18.2 Å². The van der Waals surface area contributed by atoms with Crippen LogP contribution < -0.4 is 5.73 Å². The number of anilines is 1. The van der Waals surface area contributed by atoms with Crippen molar-refractivity contribution in [3.8, 4) is 11.5 Å². The Morgan fingerprint density at radius 1 is 1.05 bits per heavy atom. The number of nitrogens with two attached hydrogens (primary N) is 1. The summed E-state index contributed by atoms with van der Waals surface area (Å²) < 4.78 is 5.26. The van der Waals surface area contributed by atoms with Crippen LogP contribution in [0.3, 0.4) is 0 Å². The first-order valence-electron chi connectivity index (χ1n) is 6.24. The zero-order chi connectivity index (χ0) is 14.8. The zero-order valence-corrected chi connectivity index (χ0v) is 12.4. The van der Waals surface area contributed by atoms with Gasteiger partial charge in [-0.05, 0) is 35.9 Å². The summed E-state index contributed by atoms with van der Waals surface area (Å²) in [4.78, 5) is 4.35. The molecule has 0 radical (unpaired) electrons. The quantitative estimate of drug-likeness (QED) is 0.734. The molecular formula is C15H11Cl2N3O. The van der Waals surface area contributed by atoms with Crippen LogP contribution >= 0.6 is 23.2 Å². The Kier molecular flexibility index (Phi) is 3.82. The molecule has 0 aliphatic carbocycles. The fourth-order valence-electron chi connectivity index (χ4n) is 1.93. The van der Waals surface area contributed by atoms with Gasteiger partial charge in [0.1, 0.15) is 0 Å². The van der Waals surface area contributed by atoms with Gasteiger partial charge in [-0.1, -0.05) is 40.5 Å². The van der Waals surface area contributed by atoms with E-state index in [1.807, 2.05) is 24.3 Å². The maximum atomic E-state index is 6.12. The average Bonchev–Trinajstić information content (AvgIpc) is 2.92. The molecule has 6 heteroatoms. The van der Waals surface area contributed by atoms with Crippen LogP contribution in [0.2, 0.25) is 10.0 Å². The predicted molar refractivity (Wildman–Crippen MR) is 83.4 cm³/mol. The highest BCUT2D eigenvalue weighted by Gasteiger charge is 2.13. The number of benzene rings is 2. The monoisotopic (exact) mass is 319 g/mol. The summed E-state index contributed by atoms with van der Waals surface area (Å²) in [5.41, 5.74) is 8.02. The molecule has 2 N–H and O–H groups in total. The highest BCUT2D eigenvalue weighted by molar-refractivity contribution is 6.33. The number of nitrogens with zero attached hydrogens (tertiary/aromatic N) is 2. The van der Waals surface area contributed by atoms with Crippen molar-refractivity contribution in [2.45, 2.75) is 6.42 Å². The van der Waals surface area contributed by atoms with Gasteiger partial charge in [0.25, 0.3) is 5.89 Å². The summed E-state index contributed by atoms with van der Waals surface area (Å²) in [7, 11) is 0. The van der Waals surface area contributed by atoms with E-state index in [-0.39, 0.29) is 0 Å². The molecule has 3 rings (SSSR count). The molecule has 1 aromatic heterocycles. The SMILES string of the molecule is Nc1ccc(Cl)c(-c2nc(Cc3ccc(Cl)cc3)no2)c1. The van der Waals surface area contributed by atoms with Gasteiger partial charge in [0, 0.05) is 17.1 Å². The van der Waals surface area contributed by atoms with Crippen molar-refractivity contribution in [3.05, 3.63) is 63.9 Å². The Morgan fingerprint density at radius 3 is 2.57 bits per heavy atom. The highest BCUT2D eigenvalue weighted by atomic mass is 35.5. The second kappa shape index (κ2) is 5.76. The van der Waals surface area contributed by atoms with Crippen LogP contribution in [0.5, 0.6) is 0 Å². The Bertz CT molecular complexity index is 769. The van der Waals surface area contributed by atoms with Crippen molar-refractivity contribution in [1.29, 1.82) is 0 Å². The molecule has 0 amide bonds. The van der Waals surface area contributed by atoms with Crippen molar-refractivity contribution in [2.75, 3.05) is 5.73 Å². The molecule has 0 bridgehead atoms. The number of rotatable bonds is 3. The van der Waals surface area contributed by atoms with Gasteiger partial charge < -0.3 is 10.3 Å². The third-order valence-electron chi connectivity index (χ3n) is 2.96. The summed E-state index contributed by atoms with van der Waals surface area (Å²) in [6.07, 6.45) is 0.556. The molecule has 0 aliphatic heterocycles. The highest BCUT2D eigenvalue weighted by Crippen LogP contribution is 2.28. The minimum Gasteiger partial charge on any atom is -0.399 e. The summed E-state index contributed by atoms with van der Waals surface area (Å²) in [6, 6.07) is 12.6. The molecule has 0 fully saturated rings. The third-order valence-corrected chi connectivity index (χ3v) is 3.55. The van der Waals surface area contributed by atoms with Crippen molar-refractivity contribution < 1.29 is 4.52 Å². The van der Waals surface area contributed by atoms with Crippen molar-refractivity contribution in [3.63, 3.8) is 0 Å². The van der Waals surface area contributed by atoms with Crippen LogP contribution in [0.1, 0.15) is 11.4 Å². The number of aromatic nitrogens is 2. The molecule has 0 atom stereocenters. The Balaban J connectivity index is 1.86. The maximum Gasteiger partial charge on any atom is 0.259 e. The number of nitrogen functional groups attached to an aromatic ring is 1. The Morgan fingerprint density at radius 2 is 1.81 bits per heavy atom. The summed E-state index contributed by atoms with van der Waals surface area (Å²) >= 11 is 12.0. The number of hydrogen-bond donors (Lipinski definition) is 1. The minimum absolute atomic E-state index is 0.358. The second-order valence-corrected chi connectivity index (χ2v) is 5.40. The summed E-state index contributed by atoms with van der Waals surface area (Å²) in [6.45, 7) is 0. The van der Waals surface area contributed by atoms with Gasteiger partial charge in [0.2, 0.25) is 0 Å². The first-order chi connectivity index (χ1) is 10.1. The van der Waals surface area contributed by atoms with E-state index in [1.165, 1.54) is 0 Å². The first kappa shape index (κ1) is 13.9. The molecule has 0 spiro atoms. The number of halogens is 2. The van der Waals surface area contributed by atoms with Crippen LogP contribution in [0.25, 0.3) is 11.5 Å². The molecule has 2 aromatic carbocycles. The molecule has 4 nitrogen and oxygen atoms in total. The predicted octanol–water partition coefficient (Wildman–Crippen LogP) is 4.22. The summed E-state index contributed by atoms with van der Waals surface area (Å²) in [5.74, 6) is 0.932. The van der Waals surface area contributed by atoms with Gasteiger partial charge in [0.15, 0.2) is 5.82 Å². The molecule has 1 heterocycles. The van der Waals surface area contributed by atoms with Crippen LogP contribution in [-0.2, 0) is 6.42 Å². The van der Waals surface area contributed by atoms with Gasteiger partial charge in [-0.3, -0.25) is 0 Å². The van der Waals surface area contributed by atoms with Gasteiger partial charge in [-0.2, -0.15) is 4.98 Å². The second-order valence-electron chi connectivity index (χ2n) is 4.56. The molecule has 0 unspecified atom stereocenters. The molecule has 0 aliphatic rings. The lowest BCUT2D eigenvalue weighted by Crippen LogP contribution is -1.91. The van der Waals surface area contributed by atoms with Crippen LogP contribution in [0.4, 0.5) is 5.69 Å². The molecule has 21 heavy (non-hydrogen) atoms. The normalized spacial score (nSPS) is 10.8. The maximum absolute atomic E-state index is 6.12. The smallest absolute Gasteiger partial charge is 0.259 e. The summed E-state index contributed by atoms with van der Waals surface area (Å²) in [5, 5.41) is 5.18. The largest absolute Gasteiger partial charge is 0.399 e. The zero-order valence-electron chi connectivity index (χ0n) is 10.9. The van der Waals surface area contributed by atoms with E-state index in [0.717, 1.165) is 5.56 Å². The number of hydrogen-bond acceptors (Lipinski definition) is 4. The average molecular weight is 320 g/mol. The van der Waals surface area contributed by atoms with E-state index in [0.29, 0.717) is 39.4 Å². The van der Waals surface area contributed by atoms with Gasteiger partial charge in [-0.15, -0.1) is 0 Å². The first-order valence-corrected chi connectivity index (χ1v) is 7.00. The third kappa shape index (κ3) is 3.17. The van der Waals surface area contributed by atoms with Crippen LogP contribution in [0.15, 0.2) is 47.0 Å². The van der Waals surface area contributed by atoms with E-state index < -0.39 is 0 Å². The lowest BCUT2D eigenvalue weighted by Gasteiger charge is -1.99. The van der Waals surface area contributed by atoms with Gasteiger partial charge in [-0.25, -0.2) is 0 Å². The van der Waals surface area contributed by atoms with E-state index in [2.05, 4.69) is 10.1 Å². The van der Waals surface area contributed by atoms with Gasteiger partial charge >= 0.3 is 0 Å². The Hall–Kier alpha value is -2.04. The van der Waals surface area contributed by atoms with E-state index >= 15 is 0 Å². The van der Waals surface area contributed by atoms with Crippen molar-refractivity contribution in [2.24, 2.45) is 0 Å². The van der Waals surface area contributed by atoms with Crippen LogP contribution in [-0.4, -0.2) is 10.1 Å². The van der Waals surface area contributed by atoms with Crippen molar-refractivity contribution in [1.82, 2.24) is 10.1 Å². The van der Waals surface area contributed by atoms with Crippen LogP contribution in [0, 0.1) is 0 Å². The van der Waals surface area contributed by atoms with Crippen molar-refractivity contribution >= 4 is 28.9 Å². The molecule has 0 saturated carbocycles. The fraction of sp³-hybridized carbons (Fsp3) is 0.0667. The van der Waals surface area contributed by atoms with E-state index in [4.69, 9.17) is 33.5 Å². The molecule has 0 saturated heterocycles. The molecule has 106 valence electrons. The standard InChI is InChI=1S/C15H11Cl2N3O/c16-10-3-1-9(2-4-10)7-14-19-15(21-20-14)12-8-11(18)5-6-13(12)17/h1-6,8H,7,18H2. The lowest BCUT2D eigenvalue weighted by molar-refractivity contribution is 0.424. The Labute approximate surface area is 131 Å². The van der Waals surface area contributed by atoms with Gasteiger partial charge in [0.05, 0.1) is 10.6 Å².